The van der Waals surface area contributed by atoms with E-state index in [9.17, 15) is 30.7 Å². The van der Waals surface area contributed by atoms with Crippen LogP contribution in [-0.2, 0) is 35.9 Å². The number of rotatable bonds is 11. The maximum absolute atomic E-state index is 12.0. The highest BCUT2D eigenvalue weighted by molar-refractivity contribution is 7.86. The van der Waals surface area contributed by atoms with Gasteiger partial charge in [-0.2, -0.15) is 21.4 Å². The Kier molecular flexibility index (Phi) is 10.0. The van der Waals surface area contributed by atoms with Gasteiger partial charge in [-0.25, -0.2) is 0 Å². The molecule has 0 saturated heterocycles. The topological polar surface area (TPSA) is 152 Å². The summed E-state index contributed by atoms with van der Waals surface area (Å²) in [5, 5.41) is 9.03. The number of allylic oxidation sites excluding steroid dienone is 8. The van der Waals surface area contributed by atoms with Crippen molar-refractivity contribution in [3.63, 3.8) is 0 Å². The number of benzene rings is 2. The first kappa shape index (κ1) is 36.4. The van der Waals surface area contributed by atoms with E-state index >= 15 is 0 Å². The van der Waals surface area contributed by atoms with E-state index in [-0.39, 0.29) is 16.2 Å². The smallest absolute Gasteiger partial charge is 0.303 e. The summed E-state index contributed by atoms with van der Waals surface area (Å²) in [5.41, 5.74) is 6.62. The molecule has 3 N–H and O–H groups in total. The van der Waals surface area contributed by atoms with Crippen molar-refractivity contribution in [3.05, 3.63) is 94.7 Å². The molecule has 0 spiro atoms. The molecular weight excluding hydrogens is 665 g/mol. The Morgan fingerprint density at radius 3 is 2.16 bits per heavy atom. The predicted molar refractivity (Wildman–Crippen MR) is 190 cm³/mol. The fraction of sp³-hybridized carbons (Fsp3) is 0.405. The quantitative estimate of drug-likeness (QED) is 0.126. The molecule has 2 aliphatic heterocycles. The van der Waals surface area contributed by atoms with Crippen LogP contribution in [0.4, 0.5) is 11.4 Å². The first-order chi connectivity index (χ1) is 22.8. The van der Waals surface area contributed by atoms with E-state index in [1.54, 1.807) is 24.3 Å². The molecule has 262 valence electrons. The molecule has 5 rings (SSSR count). The molecule has 2 aromatic carbocycles. The second kappa shape index (κ2) is 13.5. The summed E-state index contributed by atoms with van der Waals surface area (Å²) in [6.07, 6.45) is 15.5. The van der Waals surface area contributed by atoms with Gasteiger partial charge in [-0.05, 0) is 99.1 Å². The standard InChI is InChI=1S/C37H44N2O8S2/c1-36(2)29-23-27(48(42,43)44)15-17-31(29)38(5)33(36)19-13-25-10-9-11-26(22-25)14-20-34-37(3,4)30-24-28(49(45,46)47)16-18-32(30)39(34)21-8-6-7-12-35(40)41/h13-20,22-24H,6-12,21H2,1-5H3,(H2-,40,41,42,43,44,45,46,47)/p+1. The Morgan fingerprint density at radius 1 is 0.857 bits per heavy atom. The van der Waals surface area contributed by atoms with E-state index < -0.39 is 37.0 Å². The zero-order chi connectivity index (χ0) is 35.9. The predicted octanol–water partition coefficient (Wildman–Crippen LogP) is 7.11. The highest BCUT2D eigenvalue weighted by Gasteiger charge is 2.44. The molecule has 0 aromatic heterocycles. The average molecular weight is 710 g/mol. The summed E-state index contributed by atoms with van der Waals surface area (Å²) >= 11 is 0. The maximum Gasteiger partial charge on any atom is 0.303 e. The lowest BCUT2D eigenvalue weighted by Gasteiger charge is -2.27. The lowest BCUT2D eigenvalue weighted by atomic mass is 9.81. The van der Waals surface area contributed by atoms with Crippen molar-refractivity contribution in [2.75, 3.05) is 18.5 Å². The van der Waals surface area contributed by atoms with Crippen molar-refractivity contribution in [1.29, 1.82) is 0 Å². The third-order valence-corrected chi connectivity index (χ3v) is 11.6. The van der Waals surface area contributed by atoms with Crippen LogP contribution in [0.3, 0.4) is 0 Å². The van der Waals surface area contributed by atoms with E-state index in [2.05, 4.69) is 35.3 Å². The molecular formula is C37H45N2O8S2+. The molecule has 12 heteroatoms. The van der Waals surface area contributed by atoms with Gasteiger partial charge in [-0.3, -0.25) is 13.9 Å². The number of fused-ring (bicyclic) bond motifs is 2. The normalized spacial score (nSPS) is 20.3. The Hall–Kier alpha value is -3.84. The third-order valence-electron chi connectivity index (χ3n) is 9.95. The molecule has 2 aromatic rings. The number of carboxylic acids is 1. The molecule has 0 amide bonds. The zero-order valence-electron chi connectivity index (χ0n) is 28.6. The molecule has 3 aliphatic rings. The Labute approximate surface area is 289 Å². The van der Waals surface area contributed by atoms with Crippen molar-refractivity contribution in [2.24, 2.45) is 0 Å². The molecule has 1 aliphatic carbocycles. The Morgan fingerprint density at radius 2 is 1.51 bits per heavy atom. The summed E-state index contributed by atoms with van der Waals surface area (Å²) in [4.78, 5) is 12.9. The van der Waals surface area contributed by atoms with Gasteiger partial charge in [0.25, 0.3) is 20.2 Å². The highest BCUT2D eigenvalue weighted by atomic mass is 32.2. The largest absolute Gasteiger partial charge is 0.481 e. The number of hydrogen-bond acceptors (Lipinski definition) is 6. The van der Waals surface area contributed by atoms with Crippen LogP contribution in [0.5, 0.6) is 0 Å². The number of anilines is 1. The summed E-state index contributed by atoms with van der Waals surface area (Å²) in [6.45, 7) is 8.78. The van der Waals surface area contributed by atoms with E-state index in [1.807, 2.05) is 39.3 Å². The highest BCUT2D eigenvalue weighted by Crippen LogP contribution is 2.49. The minimum Gasteiger partial charge on any atom is -0.481 e. The van der Waals surface area contributed by atoms with Crippen LogP contribution in [0.2, 0.25) is 0 Å². The van der Waals surface area contributed by atoms with Gasteiger partial charge in [0.15, 0.2) is 5.71 Å². The lowest BCUT2D eigenvalue weighted by molar-refractivity contribution is -0.401. The molecule has 0 radical (unpaired) electrons. The number of aliphatic carboxylic acids is 1. The molecule has 49 heavy (non-hydrogen) atoms. The fourth-order valence-electron chi connectivity index (χ4n) is 7.27. The van der Waals surface area contributed by atoms with Gasteiger partial charge in [0, 0.05) is 47.5 Å². The van der Waals surface area contributed by atoms with Gasteiger partial charge in [0.1, 0.15) is 7.05 Å². The number of hydrogen-bond donors (Lipinski definition) is 3. The van der Waals surface area contributed by atoms with E-state index in [0.717, 1.165) is 77.2 Å². The van der Waals surface area contributed by atoms with Crippen molar-refractivity contribution < 1.29 is 40.4 Å². The van der Waals surface area contributed by atoms with Crippen molar-refractivity contribution in [3.8, 4) is 0 Å². The fourth-order valence-corrected chi connectivity index (χ4v) is 8.28. The van der Waals surface area contributed by atoms with Crippen LogP contribution in [0.25, 0.3) is 0 Å². The zero-order valence-corrected chi connectivity index (χ0v) is 30.2. The minimum absolute atomic E-state index is 0.118. The minimum atomic E-state index is -4.38. The number of carboxylic acid groups (broad SMARTS) is 1. The molecule has 0 unspecified atom stereocenters. The second-order valence-corrected chi connectivity index (χ2v) is 16.9. The molecule has 0 saturated carbocycles. The second-order valence-electron chi connectivity index (χ2n) is 14.1. The van der Waals surface area contributed by atoms with Crippen molar-refractivity contribution >= 4 is 43.3 Å². The third kappa shape index (κ3) is 7.52. The Balaban J connectivity index is 1.43. The monoisotopic (exact) mass is 709 g/mol. The van der Waals surface area contributed by atoms with Crippen molar-refractivity contribution in [2.45, 2.75) is 93.3 Å². The SMILES string of the molecule is C[N+]1=C(/C=C/C2=CC(=C/C=C3/N(CCCCCC(=O)O)c4ccc(S(=O)(=O)O)cc4C3(C)C)/CCC2)C(C)(C)c2cc(S(=O)(=O)O)ccc21. The van der Waals surface area contributed by atoms with E-state index in [4.69, 9.17) is 5.11 Å². The maximum atomic E-state index is 12.0. The van der Waals surface area contributed by atoms with Gasteiger partial charge in [0.05, 0.1) is 15.2 Å². The summed E-state index contributed by atoms with van der Waals surface area (Å²) < 4.78 is 69.0. The first-order valence-electron chi connectivity index (χ1n) is 16.5. The summed E-state index contributed by atoms with van der Waals surface area (Å²) in [5.74, 6) is -0.815. The van der Waals surface area contributed by atoms with Crippen LogP contribution in [0, 0.1) is 0 Å². The molecule has 0 bridgehead atoms. The van der Waals surface area contributed by atoms with Gasteiger partial charge in [0.2, 0.25) is 5.69 Å². The molecule has 0 fully saturated rings. The van der Waals surface area contributed by atoms with Crippen LogP contribution >= 0.6 is 0 Å². The van der Waals surface area contributed by atoms with E-state index in [0.29, 0.717) is 13.0 Å². The van der Waals surface area contributed by atoms with Gasteiger partial charge in [-0.15, -0.1) is 0 Å². The molecule has 2 heterocycles. The Bertz CT molecular complexity index is 2070. The van der Waals surface area contributed by atoms with Crippen LogP contribution < -0.4 is 4.90 Å². The van der Waals surface area contributed by atoms with Crippen LogP contribution in [0.15, 0.2) is 93.4 Å². The lowest BCUT2D eigenvalue weighted by Crippen LogP contribution is -2.27. The molecule has 10 nitrogen and oxygen atoms in total. The average Bonchev–Trinajstić information content (AvgIpc) is 3.34. The van der Waals surface area contributed by atoms with Gasteiger partial charge in [-0.1, -0.05) is 38.5 Å². The van der Waals surface area contributed by atoms with Gasteiger partial charge >= 0.3 is 5.97 Å². The summed E-state index contributed by atoms with van der Waals surface area (Å²) in [7, 11) is -6.76. The van der Waals surface area contributed by atoms with Crippen LogP contribution in [-0.4, -0.2) is 60.9 Å². The van der Waals surface area contributed by atoms with E-state index in [1.165, 1.54) is 12.1 Å². The van der Waals surface area contributed by atoms with Crippen molar-refractivity contribution in [1.82, 2.24) is 0 Å². The summed E-state index contributed by atoms with van der Waals surface area (Å²) in [6, 6.07) is 9.37. The number of carbonyl (C=O) groups is 1. The number of nitrogens with zero attached hydrogens (tertiary/aromatic N) is 2. The van der Waals surface area contributed by atoms with Gasteiger partial charge < -0.3 is 10.0 Å². The molecule has 0 atom stereocenters. The number of unbranched alkanes of at least 4 members (excludes halogenated alkanes) is 2. The van der Waals surface area contributed by atoms with Crippen LogP contribution in [0.1, 0.15) is 83.8 Å². The first-order valence-corrected chi connectivity index (χ1v) is 19.3.